The van der Waals surface area contributed by atoms with Crippen LogP contribution >= 0.6 is 0 Å². The number of nitrogen functional groups attached to an aromatic ring is 1. The predicted octanol–water partition coefficient (Wildman–Crippen LogP) is 3.28. The number of carbonyl (C=O) groups excluding carboxylic acids is 1. The van der Waals surface area contributed by atoms with Gasteiger partial charge in [-0.1, -0.05) is 29.8 Å². The molecule has 9 heteroatoms. The molecule has 2 heterocycles. The summed E-state index contributed by atoms with van der Waals surface area (Å²) in [5.41, 5.74) is 4.36. The molecule has 150 valence electrons. The number of nitrogens with two attached hydrogens (primary N) is 1. The Morgan fingerprint density at radius 1 is 1.17 bits per heavy atom. The Balaban J connectivity index is 1.96. The maximum absolute atomic E-state index is 13.5. The van der Waals surface area contributed by atoms with Crippen LogP contribution in [-0.4, -0.2) is 20.8 Å². The SMILES string of the molecule is Cc1ccc2c(c1)C(O)(c1c(C)nn(-c3ccccc3C(F)(F)F)c1N)C(=O)N2. The van der Waals surface area contributed by atoms with Crippen LogP contribution in [0.1, 0.15) is 27.9 Å². The molecule has 4 rings (SSSR count). The molecule has 0 aliphatic carbocycles. The zero-order valence-corrected chi connectivity index (χ0v) is 15.5. The second-order valence-corrected chi connectivity index (χ2v) is 6.99. The van der Waals surface area contributed by atoms with E-state index in [0.717, 1.165) is 16.3 Å². The summed E-state index contributed by atoms with van der Waals surface area (Å²) in [5.74, 6) is -0.984. The number of hydrogen-bond acceptors (Lipinski definition) is 4. The number of hydrogen-bond donors (Lipinski definition) is 3. The van der Waals surface area contributed by atoms with Gasteiger partial charge in [-0.15, -0.1) is 0 Å². The van der Waals surface area contributed by atoms with E-state index < -0.39 is 23.2 Å². The molecule has 1 aliphatic heterocycles. The molecular formula is C20H17F3N4O2. The van der Waals surface area contributed by atoms with Gasteiger partial charge in [-0.3, -0.25) is 4.79 Å². The fourth-order valence-electron chi connectivity index (χ4n) is 3.72. The van der Waals surface area contributed by atoms with Gasteiger partial charge >= 0.3 is 6.18 Å². The molecular weight excluding hydrogens is 385 g/mol. The minimum absolute atomic E-state index is 0.0451. The number of para-hydroxylation sites is 1. The molecule has 1 aromatic heterocycles. The molecule has 0 saturated carbocycles. The van der Waals surface area contributed by atoms with Crippen LogP contribution < -0.4 is 11.1 Å². The van der Waals surface area contributed by atoms with Gasteiger partial charge in [0.1, 0.15) is 5.82 Å². The van der Waals surface area contributed by atoms with Gasteiger partial charge in [0.25, 0.3) is 5.91 Å². The van der Waals surface area contributed by atoms with Crippen LogP contribution in [0.25, 0.3) is 5.69 Å². The highest BCUT2D eigenvalue weighted by atomic mass is 19.4. The van der Waals surface area contributed by atoms with Crippen molar-refractivity contribution >= 4 is 17.4 Å². The number of rotatable bonds is 2. The fraction of sp³-hybridized carbons (Fsp3) is 0.200. The van der Waals surface area contributed by atoms with Crippen LogP contribution in [0.3, 0.4) is 0 Å². The van der Waals surface area contributed by atoms with Crippen LogP contribution in [0.5, 0.6) is 0 Å². The molecule has 29 heavy (non-hydrogen) atoms. The summed E-state index contributed by atoms with van der Waals surface area (Å²) in [4.78, 5) is 12.7. The van der Waals surface area contributed by atoms with Gasteiger partial charge in [0, 0.05) is 11.3 Å². The largest absolute Gasteiger partial charge is 0.418 e. The molecule has 0 bridgehead atoms. The third-order valence-electron chi connectivity index (χ3n) is 5.04. The van der Waals surface area contributed by atoms with E-state index in [0.29, 0.717) is 5.69 Å². The molecule has 4 N–H and O–H groups in total. The van der Waals surface area contributed by atoms with E-state index in [2.05, 4.69) is 10.4 Å². The smallest absolute Gasteiger partial charge is 0.383 e. The number of nitrogens with one attached hydrogen (secondary N) is 1. The number of aryl methyl sites for hydroxylation is 2. The number of anilines is 2. The van der Waals surface area contributed by atoms with Gasteiger partial charge in [0.05, 0.1) is 22.5 Å². The summed E-state index contributed by atoms with van der Waals surface area (Å²) in [6.45, 7) is 3.28. The van der Waals surface area contributed by atoms with E-state index in [1.54, 1.807) is 25.1 Å². The molecule has 3 aromatic rings. The zero-order valence-electron chi connectivity index (χ0n) is 15.5. The number of fused-ring (bicyclic) bond motifs is 1. The Labute approximate surface area is 163 Å². The van der Waals surface area contributed by atoms with Crippen LogP contribution in [0.2, 0.25) is 0 Å². The highest BCUT2D eigenvalue weighted by Crippen LogP contribution is 2.45. The third kappa shape index (κ3) is 2.69. The minimum atomic E-state index is -4.63. The van der Waals surface area contributed by atoms with Crippen LogP contribution in [0, 0.1) is 13.8 Å². The molecule has 2 aromatic carbocycles. The van der Waals surface area contributed by atoms with E-state index in [4.69, 9.17) is 5.73 Å². The van der Waals surface area contributed by atoms with E-state index in [9.17, 15) is 23.1 Å². The summed E-state index contributed by atoms with van der Waals surface area (Å²) in [6, 6.07) is 9.88. The second-order valence-electron chi connectivity index (χ2n) is 6.99. The predicted molar refractivity (Wildman–Crippen MR) is 101 cm³/mol. The zero-order chi connectivity index (χ0) is 21.1. The summed E-state index contributed by atoms with van der Waals surface area (Å²) < 4.78 is 41.3. The Morgan fingerprint density at radius 3 is 2.55 bits per heavy atom. The summed E-state index contributed by atoms with van der Waals surface area (Å²) in [6.07, 6.45) is -4.63. The Bertz CT molecular complexity index is 1150. The van der Waals surface area contributed by atoms with Gasteiger partial charge < -0.3 is 16.2 Å². The molecule has 0 spiro atoms. The molecule has 1 amide bonds. The Hall–Kier alpha value is -3.33. The number of aromatic nitrogens is 2. The summed E-state index contributed by atoms with van der Waals surface area (Å²) in [5, 5.41) is 18.1. The number of nitrogens with zero attached hydrogens (tertiary/aromatic N) is 2. The number of carbonyl (C=O) groups is 1. The standard InChI is InChI=1S/C20H17F3N4O2/c1-10-7-8-14-13(9-10)19(29,18(28)25-14)16-11(2)26-27(17(16)24)15-6-4-3-5-12(15)20(21,22)23/h3-9,29H,24H2,1-2H3,(H,25,28). The van der Waals surface area contributed by atoms with Crippen molar-refractivity contribution < 1.29 is 23.1 Å². The number of halogens is 3. The van der Waals surface area contributed by atoms with Crippen LogP contribution in [0.4, 0.5) is 24.7 Å². The lowest BCUT2D eigenvalue weighted by molar-refractivity contribution is -0.137. The van der Waals surface area contributed by atoms with Crippen molar-refractivity contribution in [3.8, 4) is 5.69 Å². The fourth-order valence-corrected chi connectivity index (χ4v) is 3.72. The van der Waals surface area contributed by atoms with E-state index in [1.807, 2.05) is 0 Å². The number of alkyl halides is 3. The summed E-state index contributed by atoms with van der Waals surface area (Å²) in [7, 11) is 0. The van der Waals surface area contributed by atoms with Crippen molar-refractivity contribution in [3.05, 3.63) is 70.4 Å². The molecule has 1 aliphatic rings. The normalized spacial score (nSPS) is 18.6. The highest BCUT2D eigenvalue weighted by molar-refractivity contribution is 6.08. The lowest BCUT2D eigenvalue weighted by Crippen LogP contribution is -2.36. The van der Waals surface area contributed by atoms with Crippen LogP contribution in [0.15, 0.2) is 42.5 Å². The molecule has 0 radical (unpaired) electrons. The highest BCUT2D eigenvalue weighted by Gasteiger charge is 2.50. The third-order valence-corrected chi connectivity index (χ3v) is 5.04. The first-order valence-corrected chi connectivity index (χ1v) is 8.72. The van der Waals surface area contributed by atoms with Crippen molar-refractivity contribution in [2.75, 3.05) is 11.1 Å². The first kappa shape index (κ1) is 19.0. The maximum Gasteiger partial charge on any atom is 0.418 e. The Morgan fingerprint density at radius 2 is 1.86 bits per heavy atom. The van der Waals surface area contributed by atoms with Crippen molar-refractivity contribution in [1.82, 2.24) is 9.78 Å². The van der Waals surface area contributed by atoms with Gasteiger partial charge in [-0.05, 0) is 32.0 Å². The topological polar surface area (TPSA) is 93.2 Å². The van der Waals surface area contributed by atoms with Crippen LogP contribution in [-0.2, 0) is 16.6 Å². The minimum Gasteiger partial charge on any atom is -0.383 e. The summed E-state index contributed by atoms with van der Waals surface area (Å²) >= 11 is 0. The Kier molecular flexibility index (Phi) is 3.99. The monoisotopic (exact) mass is 402 g/mol. The average Bonchev–Trinajstić information content (AvgIpc) is 3.08. The second kappa shape index (κ2) is 6.08. The van der Waals surface area contributed by atoms with E-state index in [1.165, 1.54) is 25.1 Å². The molecule has 1 atom stereocenters. The number of benzene rings is 2. The average molecular weight is 402 g/mol. The number of aliphatic hydroxyl groups is 1. The van der Waals surface area contributed by atoms with Crippen molar-refractivity contribution in [3.63, 3.8) is 0 Å². The quantitative estimate of drug-likeness (QED) is 0.613. The van der Waals surface area contributed by atoms with Crippen molar-refractivity contribution in [1.29, 1.82) is 0 Å². The van der Waals surface area contributed by atoms with Gasteiger partial charge in [-0.25, -0.2) is 4.68 Å². The molecule has 0 fully saturated rings. The number of amides is 1. The maximum atomic E-state index is 13.5. The van der Waals surface area contributed by atoms with E-state index in [-0.39, 0.29) is 28.3 Å². The molecule has 0 saturated heterocycles. The van der Waals surface area contributed by atoms with Gasteiger partial charge in [0.15, 0.2) is 0 Å². The first-order valence-electron chi connectivity index (χ1n) is 8.72. The van der Waals surface area contributed by atoms with Gasteiger partial charge in [-0.2, -0.15) is 18.3 Å². The van der Waals surface area contributed by atoms with Gasteiger partial charge in [0.2, 0.25) is 5.60 Å². The van der Waals surface area contributed by atoms with Crippen molar-refractivity contribution in [2.45, 2.75) is 25.6 Å². The molecule has 6 nitrogen and oxygen atoms in total. The lowest BCUT2D eigenvalue weighted by Gasteiger charge is -2.22. The van der Waals surface area contributed by atoms with Crippen molar-refractivity contribution in [2.24, 2.45) is 0 Å². The lowest BCUT2D eigenvalue weighted by atomic mass is 9.86. The van der Waals surface area contributed by atoms with E-state index >= 15 is 0 Å². The molecule has 1 unspecified atom stereocenters. The first-order chi connectivity index (χ1) is 13.5.